The number of hydrogen-bond donors (Lipinski definition) is 0. The summed E-state index contributed by atoms with van der Waals surface area (Å²) >= 11 is 2.17. The molecule has 0 unspecified atom stereocenters. The monoisotopic (exact) mass is 264 g/mol. The maximum Gasteiger partial charge on any atom is 0.124 e. The number of benzene rings is 1. The molecule has 0 radical (unpaired) electrons. The van der Waals surface area contributed by atoms with Crippen LogP contribution in [0.25, 0.3) is 0 Å². The highest BCUT2D eigenvalue weighted by Gasteiger charge is 1.98. The molecular weight excluding hydrogens is 254 g/mol. The van der Waals surface area contributed by atoms with Crippen LogP contribution < -0.4 is 0 Å². The molecule has 0 atom stereocenters. The second-order valence-corrected chi connectivity index (χ2v) is 3.65. The Morgan fingerprint density at radius 3 is 2.73 bits per heavy atom. The number of hydrogen-bond acceptors (Lipinski definition) is 0. The number of aryl methyl sites for hydroxylation is 1. The lowest BCUT2D eigenvalue weighted by Gasteiger charge is -2.01. The molecular formula is C9H10FI. The van der Waals surface area contributed by atoms with E-state index in [1.807, 2.05) is 6.07 Å². The van der Waals surface area contributed by atoms with E-state index in [0.717, 1.165) is 16.4 Å². The highest BCUT2D eigenvalue weighted by atomic mass is 127. The highest BCUT2D eigenvalue weighted by Crippen LogP contribution is 2.15. The zero-order chi connectivity index (χ0) is 8.27. The Balaban J connectivity index is 2.90. The molecule has 0 spiro atoms. The fourth-order valence-corrected chi connectivity index (χ4v) is 1.74. The van der Waals surface area contributed by atoms with Gasteiger partial charge >= 0.3 is 0 Å². The van der Waals surface area contributed by atoms with Crippen LogP contribution in [0.5, 0.6) is 0 Å². The molecule has 0 heterocycles. The second-order valence-electron chi connectivity index (χ2n) is 2.49. The molecule has 0 aliphatic carbocycles. The van der Waals surface area contributed by atoms with Crippen molar-refractivity contribution in [2.24, 2.45) is 0 Å². The van der Waals surface area contributed by atoms with E-state index in [0.29, 0.717) is 0 Å². The van der Waals surface area contributed by atoms with Gasteiger partial charge in [0.05, 0.1) is 0 Å². The van der Waals surface area contributed by atoms with Crippen LogP contribution in [-0.4, -0.2) is 0 Å². The summed E-state index contributed by atoms with van der Waals surface area (Å²) in [7, 11) is 0. The van der Waals surface area contributed by atoms with Crippen LogP contribution in [0.15, 0.2) is 18.2 Å². The van der Waals surface area contributed by atoms with Crippen LogP contribution in [0, 0.1) is 9.39 Å². The predicted octanol–water partition coefficient (Wildman–Crippen LogP) is 3.38. The van der Waals surface area contributed by atoms with E-state index < -0.39 is 0 Å². The molecule has 1 rings (SSSR count). The van der Waals surface area contributed by atoms with Gasteiger partial charge in [0.25, 0.3) is 0 Å². The Kier molecular flexibility index (Phi) is 3.30. The highest BCUT2D eigenvalue weighted by molar-refractivity contribution is 14.1. The normalized spacial score (nSPS) is 10.1. The van der Waals surface area contributed by atoms with Crippen LogP contribution in [-0.2, 0) is 6.42 Å². The summed E-state index contributed by atoms with van der Waals surface area (Å²) in [6.07, 6.45) is 2.15. The molecule has 2 heteroatoms. The minimum Gasteiger partial charge on any atom is -0.207 e. The molecule has 0 saturated heterocycles. The lowest BCUT2D eigenvalue weighted by atomic mass is 10.1. The predicted molar refractivity (Wildman–Crippen MR) is 53.1 cm³/mol. The summed E-state index contributed by atoms with van der Waals surface area (Å²) in [4.78, 5) is 0. The van der Waals surface area contributed by atoms with Crippen molar-refractivity contribution < 1.29 is 4.39 Å². The zero-order valence-corrected chi connectivity index (χ0v) is 8.56. The van der Waals surface area contributed by atoms with Gasteiger partial charge in [-0.3, -0.25) is 0 Å². The van der Waals surface area contributed by atoms with Crippen LogP contribution >= 0.6 is 22.6 Å². The molecule has 0 N–H and O–H groups in total. The van der Waals surface area contributed by atoms with Crippen molar-refractivity contribution in [3.8, 4) is 0 Å². The van der Waals surface area contributed by atoms with Crippen LogP contribution in [0.1, 0.15) is 18.9 Å². The average molecular weight is 264 g/mol. The van der Waals surface area contributed by atoms with Gasteiger partial charge in [-0.05, 0) is 46.7 Å². The quantitative estimate of drug-likeness (QED) is 0.718. The minimum absolute atomic E-state index is 0.144. The van der Waals surface area contributed by atoms with Crippen molar-refractivity contribution in [2.45, 2.75) is 19.8 Å². The topological polar surface area (TPSA) is 0 Å². The fourth-order valence-electron chi connectivity index (χ4n) is 0.994. The van der Waals surface area contributed by atoms with E-state index in [4.69, 9.17) is 0 Å². The van der Waals surface area contributed by atoms with Gasteiger partial charge in [0.15, 0.2) is 0 Å². The summed E-state index contributed by atoms with van der Waals surface area (Å²) < 4.78 is 13.6. The minimum atomic E-state index is -0.144. The van der Waals surface area contributed by atoms with Gasteiger partial charge in [0.2, 0.25) is 0 Å². The molecule has 0 bridgehead atoms. The average Bonchev–Trinajstić information content (AvgIpc) is 1.95. The van der Waals surface area contributed by atoms with E-state index in [-0.39, 0.29) is 5.82 Å². The second kappa shape index (κ2) is 4.04. The van der Waals surface area contributed by atoms with Gasteiger partial charge in [0.1, 0.15) is 5.82 Å². The Morgan fingerprint density at radius 1 is 1.45 bits per heavy atom. The molecule has 0 aliphatic heterocycles. The van der Waals surface area contributed by atoms with Gasteiger partial charge in [-0.25, -0.2) is 4.39 Å². The first-order valence-electron chi connectivity index (χ1n) is 3.68. The smallest absolute Gasteiger partial charge is 0.124 e. The lowest BCUT2D eigenvalue weighted by Crippen LogP contribution is -1.88. The van der Waals surface area contributed by atoms with Crippen molar-refractivity contribution in [1.82, 2.24) is 0 Å². The third-order valence-electron chi connectivity index (χ3n) is 1.53. The van der Waals surface area contributed by atoms with E-state index >= 15 is 0 Å². The van der Waals surface area contributed by atoms with Gasteiger partial charge in [-0.15, -0.1) is 0 Å². The molecule has 60 valence electrons. The SMILES string of the molecule is CCCc1ccc(F)cc1I. The standard InChI is InChI=1S/C9H10FI/c1-2-3-7-4-5-8(10)6-9(7)11/h4-6H,2-3H2,1H3. The van der Waals surface area contributed by atoms with Gasteiger partial charge in [-0.2, -0.15) is 0 Å². The Labute approximate surface area is 80.0 Å². The molecule has 0 nitrogen and oxygen atoms in total. The summed E-state index contributed by atoms with van der Waals surface area (Å²) in [6, 6.07) is 4.96. The van der Waals surface area contributed by atoms with Gasteiger partial charge in [-0.1, -0.05) is 19.4 Å². The Morgan fingerprint density at radius 2 is 2.18 bits per heavy atom. The maximum atomic E-state index is 12.6. The largest absolute Gasteiger partial charge is 0.207 e. The Hall–Kier alpha value is -0.120. The van der Waals surface area contributed by atoms with E-state index in [9.17, 15) is 4.39 Å². The van der Waals surface area contributed by atoms with Crippen molar-refractivity contribution >= 4 is 22.6 Å². The molecule has 0 saturated carbocycles. The van der Waals surface area contributed by atoms with E-state index in [1.165, 1.54) is 11.6 Å². The first kappa shape index (κ1) is 8.97. The molecule has 1 aromatic rings. The van der Waals surface area contributed by atoms with Gasteiger partial charge in [0, 0.05) is 3.57 Å². The molecule has 1 aromatic carbocycles. The summed E-state index contributed by atoms with van der Waals surface area (Å²) in [5, 5.41) is 0. The number of halogens is 2. The third-order valence-corrected chi connectivity index (χ3v) is 2.54. The van der Waals surface area contributed by atoms with Crippen molar-refractivity contribution in [3.63, 3.8) is 0 Å². The first-order valence-corrected chi connectivity index (χ1v) is 4.76. The van der Waals surface area contributed by atoms with Gasteiger partial charge < -0.3 is 0 Å². The molecule has 0 fully saturated rings. The summed E-state index contributed by atoms with van der Waals surface area (Å²) in [5.74, 6) is -0.144. The van der Waals surface area contributed by atoms with Crippen molar-refractivity contribution in [3.05, 3.63) is 33.1 Å². The zero-order valence-electron chi connectivity index (χ0n) is 6.40. The third kappa shape index (κ3) is 2.43. The number of rotatable bonds is 2. The lowest BCUT2D eigenvalue weighted by molar-refractivity contribution is 0.625. The van der Waals surface area contributed by atoms with Crippen LogP contribution in [0.2, 0.25) is 0 Å². The molecule has 11 heavy (non-hydrogen) atoms. The Bertz CT molecular complexity index is 245. The van der Waals surface area contributed by atoms with E-state index in [2.05, 4.69) is 29.5 Å². The molecule has 0 aliphatic rings. The molecule has 0 aromatic heterocycles. The molecule has 0 amide bonds. The van der Waals surface area contributed by atoms with Crippen molar-refractivity contribution in [1.29, 1.82) is 0 Å². The van der Waals surface area contributed by atoms with Crippen molar-refractivity contribution in [2.75, 3.05) is 0 Å². The van der Waals surface area contributed by atoms with E-state index in [1.54, 1.807) is 6.07 Å². The summed E-state index contributed by atoms with van der Waals surface area (Å²) in [5.41, 5.74) is 1.24. The fraction of sp³-hybridized carbons (Fsp3) is 0.333. The summed E-state index contributed by atoms with van der Waals surface area (Å²) in [6.45, 7) is 2.12. The van der Waals surface area contributed by atoms with Crippen LogP contribution in [0.3, 0.4) is 0 Å². The first-order chi connectivity index (χ1) is 5.24. The maximum absolute atomic E-state index is 12.6. The van der Waals surface area contributed by atoms with Crippen LogP contribution in [0.4, 0.5) is 4.39 Å².